The molecule has 1 fully saturated rings. The van der Waals surface area contributed by atoms with Gasteiger partial charge in [0.2, 0.25) is 15.9 Å². The normalized spacial score (nSPS) is 19.5. The van der Waals surface area contributed by atoms with Gasteiger partial charge in [-0.3, -0.25) is 4.79 Å². The topological polar surface area (TPSA) is 114 Å². The summed E-state index contributed by atoms with van der Waals surface area (Å²) in [6, 6.07) is 40.7. The number of nitrogens with one attached hydrogen (secondary N) is 2. The number of aliphatic hydroxyl groups is 1. The summed E-state index contributed by atoms with van der Waals surface area (Å²) >= 11 is 1.75. The number of amides is 1. The Balaban J connectivity index is 1.15. The maximum atomic E-state index is 13.5. The van der Waals surface area contributed by atoms with Crippen LogP contribution in [0.2, 0.25) is 0 Å². The van der Waals surface area contributed by atoms with E-state index in [0.717, 1.165) is 39.1 Å². The molecule has 0 aromatic heterocycles. The van der Waals surface area contributed by atoms with Gasteiger partial charge in [0.05, 0.1) is 23.7 Å². The van der Waals surface area contributed by atoms with Crippen LogP contribution in [0.4, 0.5) is 0 Å². The zero-order valence-electron chi connectivity index (χ0n) is 29.2. The van der Waals surface area contributed by atoms with E-state index in [1.165, 1.54) is 17.0 Å². The first-order chi connectivity index (χ1) is 25.2. The smallest absolute Gasteiger partial charge is 0.241 e. The molecule has 5 aromatic rings. The zero-order valence-corrected chi connectivity index (χ0v) is 30.9. The Morgan fingerprint density at radius 3 is 2.04 bits per heavy atom. The van der Waals surface area contributed by atoms with E-state index in [2.05, 4.69) is 29.1 Å². The molecule has 0 unspecified atom stereocenters. The maximum Gasteiger partial charge on any atom is 0.241 e. The van der Waals surface area contributed by atoms with Gasteiger partial charge in [-0.25, -0.2) is 8.42 Å². The molecule has 0 bridgehead atoms. The molecule has 0 spiro atoms. The van der Waals surface area contributed by atoms with Crippen LogP contribution < -0.4 is 10.0 Å². The molecule has 1 heterocycles. The minimum atomic E-state index is -3.95. The van der Waals surface area contributed by atoms with Gasteiger partial charge in [-0.2, -0.15) is 4.72 Å². The molecule has 5 atom stereocenters. The van der Waals surface area contributed by atoms with Gasteiger partial charge in [0.15, 0.2) is 6.29 Å². The number of aryl methyl sites for hydroxylation is 1. The molecule has 0 radical (unpaired) electrons. The highest BCUT2D eigenvalue weighted by atomic mass is 32.2. The Kier molecular flexibility index (Phi) is 12.6. The third-order valence-corrected chi connectivity index (χ3v) is 11.8. The summed E-state index contributed by atoms with van der Waals surface area (Å²) in [5.74, 6) is 0.387. The van der Waals surface area contributed by atoms with Gasteiger partial charge < -0.3 is 19.9 Å². The minimum absolute atomic E-state index is 0.0209. The van der Waals surface area contributed by atoms with Crippen molar-refractivity contribution in [2.75, 3.05) is 5.75 Å². The SMILES string of the molecule is Cc1ccc(S(=O)(=O)N[C@H](Cc2ccccc2)C(=O)NCc2ccc([C@H]3O[C@@H](CSc4ccccc4)[C@@H](C)[C@@H](c4ccc(CO)cc4)O3)cc2)cc1. The second-order valence-electron chi connectivity index (χ2n) is 13.1. The van der Waals surface area contributed by atoms with Crippen molar-refractivity contribution in [3.63, 3.8) is 0 Å². The Morgan fingerprint density at radius 1 is 0.769 bits per heavy atom. The number of aliphatic hydroxyl groups excluding tert-OH is 1. The fourth-order valence-corrected chi connectivity index (χ4v) is 8.40. The van der Waals surface area contributed by atoms with Gasteiger partial charge in [-0.05, 0) is 59.9 Å². The molecule has 0 aliphatic carbocycles. The van der Waals surface area contributed by atoms with Gasteiger partial charge >= 0.3 is 0 Å². The van der Waals surface area contributed by atoms with E-state index in [0.29, 0.717) is 0 Å². The molecule has 3 N–H and O–H groups in total. The molecule has 270 valence electrons. The number of carbonyl (C=O) groups is 1. The average molecular weight is 737 g/mol. The second kappa shape index (κ2) is 17.5. The summed E-state index contributed by atoms with van der Waals surface area (Å²) in [6.45, 7) is 4.22. The van der Waals surface area contributed by atoms with Crippen molar-refractivity contribution in [3.05, 3.63) is 167 Å². The van der Waals surface area contributed by atoms with Crippen molar-refractivity contribution in [1.82, 2.24) is 10.0 Å². The van der Waals surface area contributed by atoms with Crippen molar-refractivity contribution in [1.29, 1.82) is 0 Å². The lowest BCUT2D eigenvalue weighted by Crippen LogP contribution is -2.47. The first kappa shape index (κ1) is 37.5. The lowest BCUT2D eigenvalue weighted by Gasteiger charge is -2.41. The van der Waals surface area contributed by atoms with Crippen LogP contribution in [-0.2, 0) is 43.9 Å². The first-order valence-electron chi connectivity index (χ1n) is 17.4. The van der Waals surface area contributed by atoms with Gasteiger partial charge in [0.25, 0.3) is 0 Å². The number of ether oxygens (including phenoxy) is 2. The van der Waals surface area contributed by atoms with Crippen LogP contribution in [0, 0.1) is 12.8 Å². The lowest BCUT2D eigenvalue weighted by atomic mass is 9.91. The molecule has 8 nitrogen and oxygen atoms in total. The van der Waals surface area contributed by atoms with Crippen LogP contribution in [0.1, 0.15) is 52.7 Å². The quantitative estimate of drug-likeness (QED) is 0.103. The van der Waals surface area contributed by atoms with E-state index in [-0.39, 0.29) is 42.6 Å². The summed E-state index contributed by atoms with van der Waals surface area (Å²) in [5.41, 5.74) is 5.33. The van der Waals surface area contributed by atoms with Crippen LogP contribution in [0.25, 0.3) is 0 Å². The minimum Gasteiger partial charge on any atom is -0.392 e. The molecular weight excluding hydrogens is 693 g/mol. The predicted octanol–water partition coefficient (Wildman–Crippen LogP) is 7.28. The van der Waals surface area contributed by atoms with Crippen molar-refractivity contribution >= 4 is 27.7 Å². The van der Waals surface area contributed by atoms with E-state index in [9.17, 15) is 18.3 Å². The maximum absolute atomic E-state index is 13.5. The predicted molar refractivity (Wildman–Crippen MR) is 204 cm³/mol. The largest absolute Gasteiger partial charge is 0.392 e. The zero-order chi connectivity index (χ0) is 36.5. The van der Waals surface area contributed by atoms with Crippen molar-refractivity contribution in [3.8, 4) is 0 Å². The molecule has 0 saturated carbocycles. The van der Waals surface area contributed by atoms with E-state index in [1.807, 2.05) is 104 Å². The van der Waals surface area contributed by atoms with E-state index >= 15 is 0 Å². The Hall–Kier alpha value is -4.29. The number of hydrogen-bond acceptors (Lipinski definition) is 7. The standard InChI is InChI=1S/C42H44N2O6S2/c1-29-13-23-37(24-14-29)52(47,48)44-38(25-31-9-5-3-6-10-31)41(46)43-26-32-15-21-35(22-16-32)42-49-39(28-51-36-11-7-4-8-12-36)30(2)40(50-42)34-19-17-33(27-45)18-20-34/h3-24,30,38-40,42,44-45H,25-28H2,1-2H3,(H,43,46)/t30-,38-,39+,40+,42+/m1/s1. The first-order valence-corrected chi connectivity index (χ1v) is 19.8. The van der Waals surface area contributed by atoms with Gasteiger partial charge in [-0.15, -0.1) is 11.8 Å². The molecule has 1 saturated heterocycles. The van der Waals surface area contributed by atoms with Gasteiger partial charge in [-0.1, -0.05) is 122 Å². The highest BCUT2D eigenvalue weighted by Gasteiger charge is 2.38. The number of hydrogen-bond donors (Lipinski definition) is 3. The van der Waals surface area contributed by atoms with E-state index in [4.69, 9.17) is 9.47 Å². The van der Waals surface area contributed by atoms with Crippen LogP contribution in [0.5, 0.6) is 0 Å². The third kappa shape index (κ3) is 9.77. The molecule has 1 amide bonds. The summed E-state index contributed by atoms with van der Waals surface area (Å²) in [6.07, 6.45) is -0.748. The molecular formula is C42H44N2O6S2. The van der Waals surface area contributed by atoms with Crippen LogP contribution in [0.15, 0.2) is 143 Å². The molecule has 10 heteroatoms. The monoisotopic (exact) mass is 736 g/mol. The Morgan fingerprint density at radius 2 is 1.38 bits per heavy atom. The fourth-order valence-electron chi connectivity index (χ4n) is 6.12. The van der Waals surface area contributed by atoms with Crippen molar-refractivity contribution in [2.24, 2.45) is 5.92 Å². The summed E-state index contributed by atoms with van der Waals surface area (Å²) in [7, 11) is -3.95. The number of rotatable bonds is 14. The molecule has 1 aliphatic rings. The van der Waals surface area contributed by atoms with E-state index in [1.54, 1.807) is 23.9 Å². The highest BCUT2D eigenvalue weighted by Crippen LogP contribution is 2.43. The summed E-state index contributed by atoms with van der Waals surface area (Å²) < 4.78 is 42.4. The molecule has 1 aliphatic heterocycles. The highest BCUT2D eigenvalue weighted by molar-refractivity contribution is 7.99. The van der Waals surface area contributed by atoms with Crippen LogP contribution in [0.3, 0.4) is 0 Å². The van der Waals surface area contributed by atoms with Crippen molar-refractivity contribution < 1.29 is 27.8 Å². The number of thioether (sulfide) groups is 1. The summed E-state index contributed by atoms with van der Waals surface area (Å²) in [5, 5.41) is 12.5. The molecule has 52 heavy (non-hydrogen) atoms. The Labute approximate surface area is 310 Å². The number of benzene rings is 5. The van der Waals surface area contributed by atoms with Gasteiger partial charge in [0, 0.05) is 28.7 Å². The van der Waals surface area contributed by atoms with Crippen LogP contribution in [-0.4, -0.2) is 37.3 Å². The number of sulfonamides is 1. The fraction of sp³-hybridized carbons (Fsp3) is 0.262. The Bertz CT molecular complexity index is 1990. The van der Waals surface area contributed by atoms with Gasteiger partial charge in [0.1, 0.15) is 6.04 Å². The molecule has 5 aromatic carbocycles. The third-order valence-electron chi connectivity index (χ3n) is 9.23. The van der Waals surface area contributed by atoms with Crippen molar-refractivity contribution in [2.45, 2.75) is 67.8 Å². The second-order valence-corrected chi connectivity index (χ2v) is 15.9. The van der Waals surface area contributed by atoms with Crippen LogP contribution >= 0.6 is 11.8 Å². The lowest BCUT2D eigenvalue weighted by molar-refractivity contribution is -0.268. The number of carbonyl (C=O) groups excluding carboxylic acids is 1. The average Bonchev–Trinajstić information content (AvgIpc) is 3.17. The summed E-state index contributed by atoms with van der Waals surface area (Å²) in [4.78, 5) is 14.8. The molecule has 6 rings (SSSR count). The van der Waals surface area contributed by atoms with E-state index < -0.39 is 28.3 Å².